The smallest absolute Gasteiger partial charge is 0.243 e. The van der Waals surface area contributed by atoms with Crippen LogP contribution in [-0.2, 0) is 9.59 Å². The summed E-state index contributed by atoms with van der Waals surface area (Å²) in [6.07, 6.45) is 4.13. The molecule has 0 atom stereocenters. The van der Waals surface area contributed by atoms with Crippen LogP contribution in [0.5, 0.6) is 0 Å². The Morgan fingerprint density at radius 1 is 1.18 bits per heavy atom. The minimum absolute atomic E-state index is 0.0250. The van der Waals surface area contributed by atoms with Crippen molar-refractivity contribution in [2.45, 2.75) is 25.7 Å². The van der Waals surface area contributed by atoms with Crippen LogP contribution in [0.2, 0.25) is 0 Å². The van der Waals surface area contributed by atoms with Gasteiger partial charge in [0.05, 0.1) is 6.07 Å². The molecule has 2 rings (SSSR count). The van der Waals surface area contributed by atoms with Crippen molar-refractivity contribution in [3.63, 3.8) is 0 Å². The summed E-state index contributed by atoms with van der Waals surface area (Å²) in [4.78, 5) is 26.3. The van der Waals surface area contributed by atoms with Gasteiger partial charge in [0.15, 0.2) is 0 Å². The van der Waals surface area contributed by atoms with Crippen LogP contribution in [0.15, 0.2) is 0 Å². The van der Waals surface area contributed by atoms with Gasteiger partial charge in [-0.05, 0) is 12.8 Å². The fourth-order valence-electron chi connectivity index (χ4n) is 2.69. The molecule has 1 heterocycles. The molecule has 0 spiro atoms. The van der Waals surface area contributed by atoms with Gasteiger partial charge in [-0.2, -0.15) is 5.26 Å². The molecule has 5 nitrogen and oxygen atoms in total. The molecule has 0 radical (unpaired) electrons. The predicted octanol–water partition coefficient (Wildman–Crippen LogP) is 0.371. The van der Waals surface area contributed by atoms with Crippen LogP contribution in [0.1, 0.15) is 25.7 Å². The third-order valence-electron chi connectivity index (χ3n) is 3.83. The van der Waals surface area contributed by atoms with Crippen molar-refractivity contribution in [2.24, 2.45) is 5.41 Å². The summed E-state index contributed by atoms with van der Waals surface area (Å²) in [6, 6.07) is 2.23. The molecule has 5 heteroatoms. The maximum atomic E-state index is 12.3. The van der Waals surface area contributed by atoms with E-state index in [1.807, 2.05) is 0 Å². The Labute approximate surface area is 101 Å². The summed E-state index contributed by atoms with van der Waals surface area (Å²) in [5, 5.41) is 9.25. The molecule has 1 saturated heterocycles. The van der Waals surface area contributed by atoms with Crippen LogP contribution < -0.4 is 0 Å². The molecular weight excluding hydrogens is 218 g/mol. The van der Waals surface area contributed by atoms with Gasteiger partial charge in [-0.3, -0.25) is 9.59 Å². The predicted molar refractivity (Wildman–Crippen MR) is 60.7 cm³/mol. The highest BCUT2D eigenvalue weighted by Gasteiger charge is 2.44. The molecule has 2 fully saturated rings. The topological polar surface area (TPSA) is 64.4 Å². The summed E-state index contributed by atoms with van der Waals surface area (Å²) in [5.41, 5.74) is -0.774. The van der Waals surface area contributed by atoms with Crippen LogP contribution in [0.3, 0.4) is 0 Å². The monoisotopic (exact) mass is 235 g/mol. The minimum atomic E-state index is -0.774. The second-order valence-corrected chi connectivity index (χ2v) is 4.83. The third kappa shape index (κ3) is 2.12. The first-order valence-electron chi connectivity index (χ1n) is 6.12. The number of carbonyl (C=O) groups is 2. The van der Waals surface area contributed by atoms with Gasteiger partial charge in [-0.1, -0.05) is 12.8 Å². The van der Waals surface area contributed by atoms with E-state index in [-0.39, 0.29) is 5.91 Å². The fourth-order valence-corrected chi connectivity index (χ4v) is 2.69. The Hall–Kier alpha value is -1.57. The SMILES string of the molecule is N#CC1(C(=O)N2CCN(C=O)CC2)CCCC1. The number of nitriles is 1. The van der Waals surface area contributed by atoms with Gasteiger partial charge in [-0.25, -0.2) is 0 Å². The summed E-state index contributed by atoms with van der Waals surface area (Å²) in [5.74, 6) is -0.0250. The number of hydrogen-bond donors (Lipinski definition) is 0. The molecule has 0 N–H and O–H groups in total. The average molecular weight is 235 g/mol. The molecule has 2 amide bonds. The van der Waals surface area contributed by atoms with Gasteiger partial charge >= 0.3 is 0 Å². The fraction of sp³-hybridized carbons (Fsp3) is 0.750. The summed E-state index contributed by atoms with van der Waals surface area (Å²) in [7, 11) is 0. The summed E-state index contributed by atoms with van der Waals surface area (Å²) < 4.78 is 0. The van der Waals surface area contributed by atoms with E-state index in [0.29, 0.717) is 39.0 Å². The quantitative estimate of drug-likeness (QED) is 0.650. The maximum absolute atomic E-state index is 12.3. The molecule has 0 aromatic rings. The Balaban J connectivity index is 2.01. The van der Waals surface area contributed by atoms with Gasteiger partial charge in [-0.15, -0.1) is 0 Å². The van der Waals surface area contributed by atoms with E-state index in [2.05, 4.69) is 6.07 Å². The number of piperazine rings is 1. The van der Waals surface area contributed by atoms with Crippen molar-refractivity contribution in [1.82, 2.24) is 9.80 Å². The van der Waals surface area contributed by atoms with E-state index >= 15 is 0 Å². The highest BCUT2D eigenvalue weighted by molar-refractivity contribution is 5.86. The van der Waals surface area contributed by atoms with Crippen LogP contribution in [0, 0.1) is 16.7 Å². The lowest BCUT2D eigenvalue weighted by Crippen LogP contribution is -2.52. The van der Waals surface area contributed by atoms with Crippen molar-refractivity contribution in [1.29, 1.82) is 5.26 Å². The molecule has 0 aromatic carbocycles. The third-order valence-corrected chi connectivity index (χ3v) is 3.83. The van der Waals surface area contributed by atoms with Crippen molar-refractivity contribution in [3.8, 4) is 6.07 Å². The van der Waals surface area contributed by atoms with Crippen LogP contribution in [-0.4, -0.2) is 48.3 Å². The Morgan fingerprint density at radius 3 is 2.24 bits per heavy atom. The van der Waals surface area contributed by atoms with E-state index in [1.165, 1.54) is 0 Å². The molecular formula is C12H17N3O2. The van der Waals surface area contributed by atoms with Crippen molar-refractivity contribution in [3.05, 3.63) is 0 Å². The number of carbonyl (C=O) groups excluding carboxylic acids is 2. The molecule has 0 aromatic heterocycles. The molecule has 0 bridgehead atoms. The maximum Gasteiger partial charge on any atom is 0.243 e. The zero-order chi connectivity index (χ0) is 12.3. The lowest BCUT2D eigenvalue weighted by molar-refractivity contribution is -0.142. The van der Waals surface area contributed by atoms with Crippen LogP contribution >= 0.6 is 0 Å². The largest absolute Gasteiger partial charge is 0.342 e. The lowest BCUT2D eigenvalue weighted by atomic mass is 9.86. The highest BCUT2D eigenvalue weighted by Crippen LogP contribution is 2.39. The first-order valence-corrected chi connectivity index (χ1v) is 6.12. The molecule has 1 aliphatic heterocycles. The average Bonchev–Trinajstić information content (AvgIpc) is 2.88. The number of hydrogen-bond acceptors (Lipinski definition) is 3. The first kappa shape index (κ1) is 11.9. The van der Waals surface area contributed by atoms with E-state index in [9.17, 15) is 14.9 Å². The zero-order valence-electron chi connectivity index (χ0n) is 9.89. The first-order chi connectivity index (χ1) is 8.22. The number of amides is 2. The van der Waals surface area contributed by atoms with E-state index in [4.69, 9.17) is 0 Å². The van der Waals surface area contributed by atoms with Gasteiger partial charge < -0.3 is 9.80 Å². The Bertz CT molecular complexity index is 347. The number of nitrogens with zero attached hydrogens (tertiary/aromatic N) is 3. The van der Waals surface area contributed by atoms with Crippen molar-refractivity contribution < 1.29 is 9.59 Å². The van der Waals surface area contributed by atoms with Crippen LogP contribution in [0.4, 0.5) is 0 Å². The van der Waals surface area contributed by atoms with E-state index in [1.54, 1.807) is 9.80 Å². The normalized spacial score (nSPS) is 23.2. The minimum Gasteiger partial charge on any atom is -0.342 e. The van der Waals surface area contributed by atoms with E-state index in [0.717, 1.165) is 19.3 Å². The lowest BCUT2D eigenvalue weighted by Gasteiger charge is -2.36. The zero-order valence-corrected chi connectivity index (χ0v) is 9.89. The highest BCUT2D eigenvalue weighted by atomic mass is 16.2. The standard InChI is InChI=1S/C12H17N3O2/c13-9-12(3-1-2-4-12)11(17)15-7-5-14(10-16)6-8-15/h10H,1-8H2. The van der Waals surface area contributed by atoms with Crippen LogP contribution in [0.25, 0.3) is 0 Å². The second kappa shape index (κ2) is 4.74. The summed E-state index contributed by atoms with van der Waals surface area (Å²) >= 11 is 0. The molecule has 0 unspecified atom stereocenters. The molecule has 1 saturated carbocycles. The summed E-state index contributed by atoms with van der Waals surface area (Å²) in [6.45, 7) is 2.27. The Kier molecular flexibility index (Phi) is 3.32. The van der Waals surface area contributed by atoms with Crippen molar-refractivity contribution in [2.75, 3.05) is 26.2 Å². The molecule has 92 valence electrons. The van der Waals surface area contributed by atoms with Gasteiger partial charge in [0.2, 0.25) is 12.3 Å². The number of rotatable bonds is 2. The van der Waals surface area contributed by atoms with E-state index < -0.39 is 5.41 Å². The van der Waals surface area contributed by atoms with Crippen molar-refractivity contribution >= 4 is 12.3 Å². The van der Waals surface area contributed by atoms with Gasteiger partial charge in [0.1, 0.15) is 5.41 Å². The molecule has 1 aliphatic carbocycles. The molecule has 2 aliphatic rings. The second-order valence-electron chi connectivity index (χ2n) is 4.83. The van der Waals surface area contributed by atoms with Gasteiger partial charge in [0.25, 0.3) is 0 Å². The van der Waals surface area contributed by atoms with Gasteiger partial charge in [0, 0.05) is 26.2 Å². The Morgan fingerprint density at radius 2 is 1.76 bits per heavy atom. The molecule has 17 heavy (non-hydrogen) atoms.